The molecular weight excluding hydrogens is 258 g/mol. The van der Waals surface area contributed by atoms with Crippen LogP contribution in [0.2, 0.25) is 0 Å². The Bertz CT molecular complexity index is 386. The molecular formula is C14H23N3O3. The highest BCUT2D eigenvalue weighted by Crippen LogP contribution is 2.26. The van der Waals surface area contributed by atoms with Crippen LogP contribution in [-0.2, 0) is 4.79 Å². The summed E-state index contributed by atoms with van der Waals surface area (Å²) >= 11 is 0. The van der Waals surface area contributed by atoms with Crippen LogP contribution < -0.4 is 10.6 Å². The maximum atomic E-state index is 11.9. The van der Waals surface area contributed by atoms with E-state index in [9.17, 15) is 9.59 Å². The third-order valence-corrected chi connectivity index (χ3v) is 4.18. The van der Waals surface area contributed by atoms with Gasteiger partial charge in [0.25, 0.3) is 0 Å². The second kappa shape index (κ2) is 6.74. The van der Waals surface area contributed by atoms with Crippen molar-refractivity contribution in [1.29, 1.82) is 0 Å². The van der Waals surface area contributed by atoms with Crippen molar-refractivity contribution in [2.75, 3.05) is 13.1 Å². The number of urea groups is 1. The second-order valence-electron chi connectivity index (χ2n) is 5.53. The maximum Gasteiger partial charge on any atom is 0.326 e. The van der Waals surface area contributed by atoms with Crippen LogP contribution in [0.5, 0.6) is 0 Å². The number of amides is 2. The molecule has 0 aromatic heterocycles. The molecule has 3 unspecified atom stereocenters. The van der Waals surface area contributed by atoms with Crippen molar-refractivity contribution in [3.05, 3.63) is 12.7 Å². The summed E-state index contributed by atoms with van der Waals surface area (Å²) in [5.74, 6) is -1.04. The summed E-state index contributed by atoms with van der Waals surface area (Å²) in [5, 5.41) is 14.4. The molecule has 2 heterocycles. The van der Waals surface area contributed by atoms with Gasteiger partial charge in [-0.05, 0) is 32.2 Å². The van der Waals surface area contributed by atoms with E-state index >= 15 is 0 Å². The highest BCUT2D eigenvalue weighted by atomic mass is 16.4. The molecule has 0 saturated carbocycles. The number of carboxylic acids is 1. The highest BCUT2D eigenvalue weighted by Gasteiger charge is 2.36. The summed E-state index contributed by atoms with van der Waals surface area (Å²) in [7, 11) is 0. The normalized spacial score (nSPS) is 27.4. The number of fused-ring (bicyclic) bond motifs is 1. The van der Waals surface area contributed by atoms with Crippen LogP contribution in [0, 0.1) is 0 Å². The minimum Gasteiger partial charge on any atom is -0.480 e. The smallest absolute Gasteiger partial charge is 0.326 e. The first-order valence-corrected chi connectivity index (χ1v) is 7.26. The van der Waals surface area contributed by atoms with Crippen LogP contribution in [0.25, 0.3) is 0 Å². The van der Waals surface area contributed by atoms with E-state index in [2.05, 4.69) is 22.1 Å². The fourth-order valence-electron chi connectivity index (χ4n) is 3.17. The molecule has 2 saturated heterocycles. The Morgan fingerprint density at radius 3 is 2.85 bits per heavy atom. The van der Waals surface area contributed by atoms with Crippen LogP contribution in [-0.4, -0.2) is 53.2 Å². The first-order chi connectivity index (χ1) is 9.61. The van der Waals surface area contributed by atoms with Crippen LogP contribution in [0.15, 0.2) is 12.7 Å². The Labute approximate surface area is 119 Å². The second-order valence-corrected chi connectivity index (χ2v) is 5.53. The molecule has 3 atom stereocenters. The Hall–Kier alpha value is -1.56. The number of carboxylic acid groups (broad SMARTS) is 1. The number of hydrogen-bond donors (Lipinski definition) is 3. The van der Waals surface area contributed by atoms with Crippen molar-refractivity contribution < 1.29 is 14.7 Å². The summed E-state index contributed by atoms with van der Waals surface area (Å²) in [5.41, 5.74) is 0. The zero-order valence-electron chi connectivity index (χ0n) is 11.7. The molecule has 0 aromatic carbocycles. The minimum absolute atomic E-state index is 0.133. The molecule has 0 bridgehead atoms. The third kappa shape index (κ3) is 3.50. The third-order valence-electron chi connectivity index (χ3n) is 4.18. The van der Waals surface area contributed by atoms with Gasteiger partial charge in [0.05, 0.1) is 0 Å². The summed E-state index contributed by atoms with van der Waals surface area (Å²) in [6.45, 7) is 5.63. The first-order valence-electron chi connectivity index (χ1n) is 7.26. The van der Waals surface area contributed by atoms with E-state index in [0.29, 0.717) is 6.04 Å². The molecule has 20 heavy (non-hydrogen) atoms. The molecule has 2 aliphatic heterocycles. The number of hydrogen-bond acceptors (Lipinski definition) is 3. The number of nitrogens with zero attached hydrogens (tertiary/aromatic N) is 1. The quantitative estimate of drug-likeness (QED) is 0.655. The predicted octanol–water partition coefficient (Wildman–Crippen LogP) is 0.942. The summed E-state index contributed by atoms with van der Waals surface area (Å²) in [6, 6.07) is -0.751. The van der Waals surface area contributed by atoms with Crippen molar-refractivity contribution >= 4 is 12.0 Å². The fourth-order valence-corrected chi connectivity index (χ4v) is 3.17. The number of aliphatic carboxylic acids is 1. The minimum atomic E-state index is -1.04. The van der Waals surface area contributed by atoms with Crippen molar-refractivity contribution in [2.45, 2.75) is 50.2 Å². The number of nitrogens with one attached hydrogen (secondary N) is 2. The van der Waals surface area contributed by atoms with Gasteiger partial charge in [-0.2, -0.15) is 0 Å². The van der Waals surface area contributed by atoms with Gasteiger partial charge in [-0.25, -0.2) is 9.59 Å². The lowest BCUT2D eigenvalue weighted by Crippen LogP contribution is -2.52. The van der Waals surface area contributed by atoms with Gasteiger partial charge in [0.2, 0.25) is 0 Å². The predicted molar refractivity (Wildman–Crippen MR) is 75.5 cm³/mol. The Morgan fingerprint density at radius 1 is 1.35 bits per heavy atom. The Kier molecular flexibility index (Phi) is 5.00. The molecule has 2 fully saturated rings. The van der Waals surface area contributed by atoms with E-state index in [-0.39, 0.29) is 12.5 Å². The molecule has 2 rings (SSSR count). The Morgan fingerprint density at radius 2 is 2.15 bits per heavy atom. The summed E-state index contributed by atoms with van der Waals surface area (Å²) < 4.78 is 0. The fraction of sp³-hybridized carbons (Fsp3) is 0.714. The van der Waals surface area contributed by atoms with E-state index in [1.54, 1.807) is 0 Å². The number of rotatable bonds is 5. The van der Waals surface area contributed by atoms with E-state index in [4.69, 9.17) is 5.11 Å². The van der Waals surface area contributed by atoms with Crippen LogP contribution in [0.1, 0.15) is 32.1 Å². The van der Waals surface area contributed by atoms with Gasteiger partial charge >= 0.3 is 12.0 Å². The van der Waals surface area contributed by atoms with E-state index in [1.807, 2.05) is 0 Å². The average molecular weight is 281 g/mol. The molecule has 6 heteroatoms. The standard InChI is InChI=1S/C14H23N3O3/c1-2-5-11(13(18)19)16-14(20)15-10-7-9-17-8-4-3-6-12(10)17/h2,10-12H,1,3-9H2,(H,18,19)(H2,15,16,20). The number of piperidine rings is 1. The molecule has 0 aromatic rings. The highest BCUT2D eigenvalue weighted by molar-refractivity contribution is 5.82. The van der Waals surface area contributed by atoms with Gasteiger partial charge in [0, 0.05) is 18.6 Å². The van der Waals surface area contributed by atoms with E-state index < -0.39 is 18.0 Å². The van der Waals surface area contributed by atoms with Gasteiger partial charge < -0.3 is 15.7 Å². The number of carbonyl (C=O) groups excluding carboxylic acids is 1. The monoisotopic (exact) mass is 281 g/mol. The first kappa shape index (κ1) is 14.8. The molecule has 112 valence electrons. The van der Waals surface area contributed by atoms with Gasteiger partial charge in [0.15, 0.2) is 0 Å². The molecule has 3 N–H and O–H groups in total. The maximum absolute atomic E-state index is 11.9. The van der Waals surface area contributed by atoms with Gasteiger partial charge in [-0.3, -0.25) is 4.90 Å². The molecule has 6 nitrogen and oxygen atoms in total. The van der Waals surface area contributed by atoms with Crippen molar-refractivity contribution in [2.24, 2.45) is 0 Å². The van der Waals surface area contributed by atoms with E-state index in [0.717, 1.165) is 25.9 Å². The average Bonchev–Trinajstić information content (AvgIpc) is 2.81. The van der Waals surface area contributed by atoms with Crippen LogP contribution >= 0.6 is 0 Å². The van der Waals surface area contributed by atoms with Crippen molar-refractivity contribution in [3.8, 4) is 0 Å². The summed E-state index contributed by atoms with van der Waals surface area (Å²) in [4.78, 5) is 25.3. The molecule has 0 aliphatic carbocycles. The van der Waals surface area contributed by atoms with Crippen molar-refractivity contribution in [1.82, 2.24) is 15.5 Å². The van der Waals surface area contributed by atoms with Crippen molar-refractivity contribution in [3.63, 3.8) is 0 Å². The lowest BCUT2D eigenvalue weighted by atomic mass is 9.99. The van der Waals surface area contributed by atoms with Gasteiger partial charge in [0.1, 0.15) is 6.04 Å². The number of carbonyl (C=O) groups is 2. The van der Waals surface area contributed by atoms with Crippen LogP contribution in [0.3, 0.4) is 0 Å². The molecule has 0 radical (unpaired) electrons. The molecule has 2 amide bonds. The zero-order chi connectivity index (χ0) is 14.5. The summed E-state index contributed by atoms with van der Waals surface area (Å²) in [6.07, 6.45) is 6.21. The largest absolute Gasteiger partial charge is 0.480 e. The molecule has 0 spiro atoms. The van der Waals surface area contributed by atoms with Crippen LogP contribution in [0.4, 0.5) is 4.79 Å². The van der Waals surface area contributed by atoms with E-state index in [1.165, 1.54) is 18.9 Å². The SMILES string of the molecule is C=CCC(NC(=O)NC1CCN2CCCCC12)C(=O)O. The lowest BCUT2D eigenvalue weighted by Gasteiger charge is -2.32. The van der Waals surface area contributed by atoms with Gasteiger partial charge in [-0.15, -0.1) is 6.58 Å². The van der Waals surface area contributed by atoms with Gasteiger partial charge in [-0.1, -0.05) is 12.5 Å². The lowest BCUT2D eigenvalue weighted by molar-refractivity contribution is -0.139. The molecule has 2 aliphatic rings. The topological polar surface area (TPSA) is 81.7 Å². The zero-order valence-corrected chi connectivity index (χ0v) is 11.7. The Balaban J connectivity index is 1.84.